The summed E-state index contributed by atoms with van der Waals surface area (Å²) in [7, 11) is 0. The Morgan fingerprint density at radius 3 is 2.31 bits per heavy atom. The van der Waals surface area contributed by atoms with Crippen molar-refractivity contribution in [2.45, 2.75) is 58.8 Å². The molecule has 0 aromatic heterocycles. The second-order valence-corrected chi connectivity index (χ2v) is 6.26. The summed E-state index contributed by atoms with van der Waals surface area (Å²) >= 11 is 0. The molecule has 0 bridgehead atoms. The van der Waals surface area contributed by atoms with Gasteiger partial charge in [0.15, 0.2) is 0 Å². The molecule has 0 N–H and O–H groups in total. The lowest BCUT2D eigenvalue weighted by molar-refractivity contribution is 0.239. The average Bonchev–Trinajstić information content (AvgIpc) is 2.39. The first-order valence-corrected chi connectivity index (χ1v) is 6.45. The molecule has 2 atom stereocenters. The Labute approximate surface area is 100 Å². The summed E-state index contributed by atoms with van der Waals surface area (Å²) in [6.45, 7) is 14.2. The Kier molecular flexibility index (Phi) is 2.45. The van der Waals surface area contributed by atoms with Crippen LogP contribution >= 0.6 is 0 Å². The van der Waals surface area contributed by atoms with Crippen molar-refractivity contribution in [2.75, 3.05) is 0 Å². The maximum atomic E-state index is 2.44. The van der Waals surface area contributed by atoms with Crippen LogP contribution in [0.3, 0.4) is 0 Å². The van der Waals surface area contributed by atoms with E-state index in [1.165, 1.54) is 12.0 Å². The van der Waals surface area contributed by atoms with Crippen molar-refractivity contribution in [3.05, 3.63) is 34.9 Å². The molecule has 0 heteroatoms. The van der Waals surface area contributed by atoms with Crippen LogP contribution in [0.25, 0.3) is 0 Å². The van der Waals surface area contributed by atoms with Gasteiger partial charge in [0.2, 0.25) is 0 Å². The van der Waals surface area contributed by atoms with Gasteiger partial charge in [0.25, 0.3) is 0 Å². The molecule has 0 amide bonds. The highest BCUT2D eigenvalue weighted by Crippen LogP contribution is 2.55. The van der Waals surface area contributed by atoms with E-state index in [4.69, 9.17) is 0 Å². The second-order valence-electron chi connectivity index (χ2n) is 6.26. The lowest BCUT2D eigenvalue weighted by Crippen LogP contribution is -2.32. The zero-order valence-corrected chi connectivity index (χ0v) is 11.5. The fourth-order valence-corrected chi connectivity index (χ4v) is 3.45. The highest BCUT2D eigenvalue weighted by molar-refractivity contribution is 5.48. The van der Waals surface area contributed by atoms with Crippen molar-refractivity contribution in [1.29, 1.82) is 0 Å². The van der Waals surface area contributed by atoms with Crippen molar-refractivity contribution in [3.8, 4) is 0 Å². The van der Waals surface area contributed by atoms with Crippen molar-refractivity contribution in [3.63, 3.8) is 0 Å². The summed E-state index contributed by atoms with van der Waals surface area (Å²) < 4.78 is 0. The SMILES string of the molecule is CCC1(C)c2cc(C)ccc2C(C)(C)C1C. The van der Waals surface area contributed by atoms with Gasteiger partial charge >= 0.3 is 0 Å². The van der Waals surface area contributed by atoms with E-state index in [1.807, 2.05) is 0 Å². The molecular weight excluding hydrogens is 192 g/mol. The Balaban J connectivity index is 2.70. The molecule has 2 unspecified atom stereocenters. The van der Waals surface area contributed by atoms with Crippen LogP contribution in [0.4, 0.5) is 0 Å². The molecule has 16 heavy (non-hydrogen) atoms. The van der Waals surface area contributed by atoms with Crippen LogP contribution in [-0.4, -0.2) is 0 Å². The van der Waals surface area contributed by atoms with Crippen LogP contribution in [0.15, 0.2) is 18.2 Å². The van der Waals surface area contributed by atoms with Crippen LogP contribution < -0.4 is 0 Å². The molecule has 0 spiro atoms. The van der Waals surface area contributed by atoms with Gasteiger partial charge in [-0.25, -0.2) is 0 Å². The molecule has 0 radical (unpaired) electrons. The summed E-state index contributed by atoms with van der Waals surface area (Å²) in [5.74, 6) is 0.710. The maximum absolute atomic E-state index is 2.44. The van der Waals surface area contributed by atoms with Gasteiger partial charge in [-0.1, -0.05) is 58.4 Å². The average molecular weight is 216 g/mol. The monoisotopic (exact) mass is 216 g/mol. The predicted molar refractivity (Wildman–Crippen MR) is 71.0 cm³/mol. The normalized spacial score (nSPS) is 31.5. The highest BCUT2D eigenvalue weighted by atomic mass is 14.5. The summed E-state index contributed by atoms with van der Waals surface area (Å²) in [6, 6.07) is 7.01. The van der Waals surface area contributed by atoms with E-state index in [9.17, 15) is 0 Å². The van der Waals surface area contributed by atoms with Crippen LogP contribution in [0.2, 0.25) is 0 Å². The third kappa shape index (κ3) is 1.28. The lowest BCUT2D eigenvalue weighted by atomic mass is 9.69. The van der Waals surface area contributed by atoms with Crippen molar-refractivity contribution < 1.29 is 0 Å². The molecule has 0 heterocycles. The molecule has 0 saturated carbocycles. The molecule has 0 aliphatic heterocycles. The van der Waals surface area contributed by atoms with E-state index in [0.29, 0.717) is 16.7 Å². The first-order chi connectivity index (χ1) is 7.34. The van der Waals surface area contributed by atoms with Gasteiger partial charge in [0.1, 0.15) is 0 Å². The van der Waals surface area contributed by atoms with E-state index in [1.54, 1.807) is 11.1 Å². The van der Waals surface area contributed by atoms with Crippen LogP contribution in [0, 0.1) is 12.8 Å². The quantitative estimate of drug-likeness (QED) is 0.644. The van der Waals surface area contributed by atoms with E-state index >= 15 is 0 Å². The number of hydrogen-bond acceptors (Lipinski definition) is 0. The molecule has 1 aliphatic carbocycles. The smallest absolute Gasteiger partial charge is 0.00410 e. The summed E-state index contributed by atoms with van der Waals surface area (Å²) in [4.78, 5) is 0. The van der Waals surface area contributed by atoms with Crippen molar-refractivity contribution >= 4 is 0 Å². The van der Waals surface area contributed by atoms with Gasteiger partial charge in [-0.2, -0.15) is 0 Å². The molecule has 1 aliphatic rings. The lowest BCUT2D eigenvalue weighted by Gasteiger charge is -2.35. The molecular formula is C16H24. The Morgan fingerprint density at radius 1 is 1.12 bits per heavy atom. The largest absolute Gasteiger partial charge is 0.0645 e. The first kappa shape index (κ1) is 11.7. The van der Waals surface area contributed by atoms with E-state index in [0.717, 1.165) is 0 Å². The topological polar surface area (TPSA) is 0 Å². The second kappa shape index (κ2) is 3.35. The van der Waals surface area contributed by atoms with Gasteiger partial charge in [-0.3, -0.25) is 0 Å². The molecule has 0 saturated heterocycles. The van der Waals surface area contributed by atoms with Gasteiger partial charge in [0, 0.05) is 0 Å². The third-order valence-corrected chi connectivity index (χ3v) is 5.26. The van der Waals surface area contributed by atoms with E-state index in [-0.39, 0.29) is 0 Å². The van der Waals surface area contributed by atoms with Crippen LogP contribution in [0.5, 0.6) is 0 Å². The van der Waals surface area contributed by atoms with Crippen LogP contribution in [-0.2, 0) is 10.8 Å². The van der Waals surface area contributed by atoms with E-state index in [2.05, 4.69) is 59.7 Å². The minimum atomic E-state index is 0.313. The third-order valence-electron chi connectivity index (χ3n) is 5.26. The van der Waals surface area contributed by atoms with E-state index < -0.39 is 0 Å². The van der Waals surface area contributed by atoms with Crippen LogP contribution in [0.1, 0.15) is 57.7 Å². The fraction of sp³-hybridized carbons (Fsp3) is 0.625. The summed E-state index contributed by atoms with van der Waals surface area (Å²) in [5.41, 5.74) is 5.21. The van der Waals surface area contributed by atoms with Gasteiger partial charge in [-0.05, 0) is 41.2 Å². The molecule has 1 aromatic rings. The zero-order chi connectivity index (χ0) is 12.1. The Morgan fingerprint density at radius 2 is 1.75 bits per heavy atom. The van der Waals surface area contributed by atoms with Crippen molar-refractivity contribution in [2.24, 2.45) is 5.92 Å². The predicted octanol–water partition coefficient (Wildman–Crippen LogP) is 4.59. The van der Waals surface area contributed by atoms with Gasteiger partial charge in [-0.15, -0.1) is 0 Å². The van der Waals surface area contributed by atoms with Gasteiger partial charge < -0.3 is 0 Å². The molecule has 2 rings (SSSR count). The minimum absolute atomic E-state index is 0.313. The van der Waals surface area contributed by atoms with Crippen molar-refractivity contribution in [1.82, 2.24) is 0 Å². The maximum Gasteiger partial charge on any atom is -0.00410 e. The number of aryl methyl sites for hydroxylation is 1. The Bertz CT molecular complexity index is 414. The molecule has 88 valence electrons. The summed E-state index contributed by atoms with van der Waals surface area (Å²) in [6.07, 6.45) is 1.23. The first-order valence-electron chi connectivity index (χ1n) is 6.45. The highest BCUT2D eigenvalue weighted by Gasteiger charge is 2.49. The van der Waals surface area contributed by atoms with Gasteiger partial charge in [0.05, 0.1) is 0 Å². The fourth-order valence-electron chi connectivity index (χ4n) is 3.45. The number of rotatable bonds is 1. The summed E-state index contributed by atoms with van der Waals surface area (Å²) in [5, 5.41) is 0. The number of fused-ring (bicyclic) bond motifs is 1. The zero-order valence-electron chi connectivity index (χ0n) is 11.5. The Hall–Kier alpha value is -0.780. The molecule has 1 aromatic carbocycles. The number of benzene rings is 1. The number of hydrogen-bond donors (Lipinski definition) is 0. The minimum Gasteiger partial charge on any atom is -0.0645 e. The molecule has 0 fully saturated rings. The standard InChI is InChI=1S/C16H24/c1-7-16(6)12(3)15(4,5)13-9-8-11(2)10-14(13)16/h8-10,12H,7H2,1-6H3. The molecule has 0 nitrogen and oxygen atoms in total.